The molecule has 0 aliphatic carbocycles. The lowest BCUT2D eigenvalue weighted by molar-refractivity contribution is 1.16. The zero-order chi connectivity index (χ0) is 28.6. The zero-order valence-corrected chi connectivity index (χ0v) is 23.4. The zero-order valence-electron chi connectivity index (χ0n) is 23.4. The summed E-state index contributed by atoms with van der Waals surface area (Å²) >= 11 is 0. The summed E-state index contributed by atoms with van der Waals surface area (Å²) in [5, 5.41) is 2.49. The predicted octanol–water partition coefficient (Wildman–Crippen LogP) is 10.2. The number of hydrogen-bond acceptors (Lipinski definition) is 2. The van der Waals surface area contributed by atoms with Gasteiger partial charge < -0.3 is 4.57 Å². The minimum absolute atomic E-state index is 0.700. The molecule has 0 amide bonds. The van der Waals surface area contributed by atoms with E-state index in [1.165, 1.54) is 32.9 Å². The number of aromatic nitrogens is 3. The van der Waals surface area contributed by atoms with Crippen LogP contribution < -0.4 is 0 Å². The number of benzene rings is 6. The molecule has 6 aromatic carbocycles. The average Bonchev–Trinajstić information content (AvgIpc) is 3.43. The van der Waals surface area contributed by atoms with Crippen LogP contribution in [0.3, 0.4) is 0 Å². The maximum absolute atomic E-state index is 5.13. The van der Waals surface area contributed by atoms with Crippen LogP contribution in [0.15, 0.2) is 164 Å². The van der Waals surface area contributed by atoms with E-state index in [0.717, 1.165) is 33.8 Å². The number of nitrogens with zero attached hydrogens (tertiary/aromatic N) is 3. The fourth-order valence-electron chi connectivity index (χ4n) is 5.93. The quantitative estimate of drug-likeness (QED) is 0.214. The molecule has 3 nitrogen and oxygen atoms in total. The van der Waals surface area contributed by atoms with E-state index in [-0.39, 0.29) is 0 Å². The lowest BCUT2D eigenvalue weighted by Crippen LogP contribution is -1.98. The molecule has 0 radical (unpaired) electrons. The third-order valence-corrected chi connectivity index (χ3v) is 8.03. The van der Waals surface area contributed by atoms with Crippen LogP contribution in [0.2, 0.25) is 0 Å². The molecule has 43 heavy (non-hydrogen) atoms. The molecule has 8 rings (SSSR count). The highest BCUT2D eigenvalue weighted by Gasteiger charge is 2.15. The van der Waals surface area contributed by atoms with E-state index in [4.69, 9.17) is 9.97 Å². The summed E-state index contributed by atoms with van der Waals surface area (Å²) < 4.78 is 2.33. The molecule has 0 atom stereocenters. The normalized spacial score (nSPS) is 11.3. The fraction of sp³-hybridized carbons (Fsp3) is 0. The predicted molar refractivity (Wildman–Crippen MR) is 178 cm³/mol. The summed E-state index contributed by atoms with van der Waals surface area (Å²) in [5.74, 6) is 0.700. The van der Waals surface area contributed by atoms with Gasteiger partial charge in [0.2, 0.25) is 0 Å². The van der Waals surface area contributed by atoms with E-state index in [9.17, 15) is 0 Å². The Morgan fingerprint density at radius 2 is 0.814 bits per heavy atom. The molecule has 2 heterocycles. The Hall–Kier alpha value is -5.80. The lowest BCUT2D eigenvalue weighted by atomic mass is 10.0. The molecule has 8 aromatic rings. The van der Waals surface area contributed by atoms with Crippen molar-refractivity contribution in [1.82, 2.24) is 14.5 Å². The van der Waals surface area contributed by atoms with Crippen molar-refractivity contribution in [3.63, 3.8) is 0 Å². The highest BCUT2D eigenvalue weighted by atomic mass is 15.0. The molecule has 0 spiro atoms. The Balaban J connectivity index is 1.27. The van der Waals surface area contributed by atoms with Crippen molar-refractivity contribution in [3.05, 3.63) is 164 Å². The highest BCUT2D eigenvalue weighted by Crippen LogP contribution is 2.34. The van der Waals surface area contributed by atoms with Gasteiger partial charge in [0.1, 0.15) is 0 Å². The van der Waals surface area contributed by atoms with E-state index in [1.54, 1.807) is 0 Å². The first-order valence-electron chi connectivity index (χ1n) is 14.5. The molecule has 0 fully saturated rings. The molecule has 0 unspecified atom stereocenters. The van der Waals surface area contributed by atoms with Crippen LogP contribution >= 0.6 is 0 Å². The Kier molecular flexibility index (Phi) is 6.12. The van der Waals surface area contributed by atoms with E-state index in [1.807, 2.05) is 24.3 Å². The van der Waals surface area contributed by atoms with Crippen LogP contribution in [0.5, 0.6) is 0 Å². The van der Waals surface area contributed by atoms with Crippen molar-refractivity contribution in [2.45, 2.75) is 0 Å². The van der Waals surface area contributed by atoms with E-state index in [2.05, 4.69) is 144 Å². The maximum atomic E-state index is 5.13. The fourth-order valence-corrected chi connectivity index (χ4v) is 5.93. The third kappa shape index (κ3) is 4.58. The number of para-hydroxylation sites is 2. The van der Waals surface area contributed by atoms with Crippen molar-refractivity contribution in [3.8, 4) is 50.7 Å². The second-order valence-electron chi connectivity index (χ2n) is 10.7. The van der Waals surface area contributed by atoms with E-state index in [0.29, 0.717) is 5.82 Å². The van der Waals surface area contributed by atoms with E-state index < -0.39 is 0 Å². The molecule has 0 saturated heterocycles. The minimum Gasteiger partial charge on any atom is -0.309 e. The van der Waals surface area contributed by atoms with Gasteiger partial charge in [0.25, 0.3) is 0 Å². The molecular weight excluding hydrogens is 522 g/mol. The first-order valence-corrected chi connectivity index (χ1v) is 14.5. The molecule has 202 valence electrons. The van der Waals surface area contributed by atoms with E-state index >= 15 is 0 Å². The molecule has 0 saturated carbocycles. The molecule has 0 aliphatic heterocycles. The summed E-state index contributed by atoms with van der Waals surface area (Å²) in [6.07, 6.45) is 0. The van der Waals surface area contributed by atoms with Gasteiger partial charge in [-0.05, 0) is 41.5 Å². The van der Waals surface area contributed by atoms with Crippen molar-refractivity contribution < 1.29 is 0 Å². The summed E-state index contributed by atoms with van der Waals surface area (Å²) in [7, 11) is 0. The van der Waals surface area contributed by atoms with Gasteiger partial charge >= 0.3 is 0 Å². The Labute approximate surface area is 250 Å². The Morgan fingerprint density at radius 1 is 0.349 bits per heavy atom. The van der Waals surface area contributed by atoms with Crippen LogP contribution in [0.1, 0.15) is 0 Å². The minimum atomic E-state index is 0.700. The maximum Gasteiger partial charge on any atom is 0.160 e. The van der Waals surface area contributed by atoms with Crippen molar-refractivity contribution >= 4 is 21.8 Å². The number of fused-ring (bicyclic) bond motifs is 3. The van der Waals surface area contributed by atoms with Crippen molar-refractivity contribution in [2.75, 3.05) is 0 Å². The highest BCUT2D eigenvalue weighted by molar-refractivity contribution is 6.09. The van der Waals surface area contributed by atoms with Gasteiger partial charge in [0, 0.05) is 33.2 Å². The summed E-state index contributed by atoms with van der Waals surface area (Å²) in [4.78, 5) is 10.2. The molecule has 2 aromatic heterocycles. The SMILES string of the molecule is c1ccc(-c2ccc(-c3cc(-c4ccccc4)nc(-c4cccc(-n5c6ccccc6c6ccccc65)c4)n3)cc2)cc1. The molecule has 0 aliphatic rings. The van der Waals surface area contributed by atoms with Gasteiger partial charge in [-0.1, -0.05) is 133 Å². The summed E-state index contributed by atoms with van der Waals surface area (Å²) in [5.41, 5.74) is 10.7. The molecule has 0 bridgehead atoms. The van der Waals surface area contributed by atoms with Gasteiger partial charge in [0.15, 0.2) is 5.82 Å². The first-order chi connectivity index (χ1) is 21.3. The monoisotopic (exact) mass is 549 g/mol. The molecule has 3 heteroatoms. The van der Waals surface area contributed by atoms with Gasteiger partial charge in [-0.15, -0.1) is 0 Å². The number of hydrogen-bond donors (Lipinski definition) is 0. The second-order valence-corrected chi connectivity index (χ2v) is 10.7. The van der Waals surface area contributed by atoms with Crippen LogP contribution in [0, 0.1) is 0 Å². The Morgan fingerprint density at radius 3 is 1.44 bits per heavy atom. The van der Waals surface area contributed by atoms with Crippen molar-refractivity contribution in [1.29, 1.82) is 0 Å². The van der Waals surface area contributed by atoms with Crippen LogP contribution in [0.4, 0.5) is 0 Å². The summed E-state index contributed by atoms with van der Waals surface area (Å²) in [6, 6.07) is 57.2. The van der Waals surface area contributed by atoms with Gasteiger partial charge in [-0.25, -0.2) is 9.97 Å². The number of rotatable bonds is 5. The van der Waals surface area contributed by atoms with Crippen LogP contribution in [-0.4, -0.2) is 14.5 Å². The molecular formula is C40H27N3. The standard InChI is InChI=1S/C40H27N3/c1-3-12-28(13-4-1)29-22-24-31(25-23-29)37-27-36(30-14-5-2-6-15-30)41-40(42-37)32-16-11-17-33(26-32)43-38-20-9-7-18-34(38)35-19-8-10-21-39(35)43/h1-27H. The van der Waals surface area contributed by atoms with Crippen LogP contribution in [0.25, 0.3) is 72.5 Å². The second kappa shape index (κ2) is 10.6. The van der Waals surface area contributed by atoms with Gasteiger partial charge in [0.05, 0.1) is 22.4 Å². The van der Waals surface area contributed by atoms with Gasteiger partial charge in [-0.3, -0.25) is 0 Å². The summed E-state index contributed by atoms with van der Waals surface area (Å²) in [6.45, 7) is 0. The topological polar surface area (TPSA) is 30.7 Å². The largest absolute Gasteiger partial charge is 0.309 e. The first kappa shape index (κ1) is 25.0. The van der Waals surface area contributed by atoms with Crippen LogP contribution in [-0.2, 0) is 0 Å². The third-order valence-electron chi connectivity index (χ3n) is 8.03. The smallest absolute Gasteiger partial charge is 0.160 e. The van der Waals surface area contributed by atoms with Crippen molar-refractivity contribution in [2.24, 2.45) is 0 Å². The Bertz CT molecular complexity index is 2160. The lowest BCUT2D eigenvalue weighted by Gasteiger charge is -2.12. The van der Waals surface area contributed by atoms with Gasteiger partial charge in [-0.2, -0.15) is 0 Å². The molecule has 0 N–H and O–H groups in total. The average molecular weight is 550 g/mol.